The summed E-state index contributed by atoms with van der Waals surface area (Å²) in [5, 5.41) is 13.3. The Morgan fingerprint density at radius 1 is 1.23 bits per heavy atom. The second-order valence-electron chi connectivity index (χ2n) is 6.42. The smallest absolute Gasteiger partial charge is 0.214 e. The average molecular weight is 327 g/mol. The summed E-state index contributed by atoms with van der Waals surface area (Å²) >= 11 is 0. The van der Waals surface area contributed by atoms with Gasteiger partial charge >= 0.3 is 0 Å². The van der Waals surface area contributed by atoms with Crippen LogP contribution in [0, 0.1) is 5.92 Å². The van der Waals surface area contributed by atoms with Crippen molar-refractivity contribution in [2.75, 3.05) is 25.4 Å². The topological polar surface area (TPSA) is 75.4 Å². The Kier molecular flexibility index (Phi) is 4.84. The van der Waals surface area contributed by atoms with Crippen LogP contribution in [-0.2, 0) is 16.6 Å². The van der Waals surface area contributed by atoms with Crippen LogP contribution >= 0.6 is 0 Å². The van der Waals surface area contributed by atoms with Gasteiger partial charge in [0, 0.05) is 30.9 Å². The molecule has 1 saturated carbocycles. The van der Waals surface area contributed by atoms with Crippen molar-refractivity contribution in [3.05, 3.63) is 18.0 Å². The fraction of sp³-hybridized carbons (Fsp3) is 0.800. The van der Waals surface area contributed by atoms with Crippen molar-refractivity contribution in [2.45, 2.75) is 44.6 Å². The minimum Gasteiger partial charge on any atom is -0.394 e. The Labute approximate surface area is 132 Å². The van der Waals surface area contributed by atoms with E-state index in [1.165, 1.54) is 12.8 Å². The van der Waals surface area contributed by atoms with Gasteiger partial charge in [0.15, 0.2) is 0 Å². The monoisotopic (exact) mass is 327 g/mol. The third-order valence-electron chi connectivity index (χ3n) is 4.81. The van der Waals surface area contributed by atoms with E-state index in [0.29, 0.717) is 37.2 Å². The van der Waals surface area contributed by atoms with E-state index in [1.54, 1.807) is 10.5 Å². The predicted molar refractivity (Wildman–Crippen MR) is 84.0 cm³/mol. The highest BCUT2D eigenvalue weighted by Crippen LogP contribution is 2.34. The van der Waals surface area contributed by atoms with Crippen LogP contribution in [0.4, 0.5) is 0 Å². The molecule has 0 radical (unpaired) electrons. The van der Waals surface area contributed by atoms with Crippen LogP contribution in [0.2, 0.25) is 0 Å². The summed E-state index contributed by atoms with van der Waals surface area (Å²) in [6, 6.07) is 1.98. The van der Waals surface area contributed by atoms with Crippen LogP contribution in [0.1, 0.15) is 43.7 Å². The lowest BCUT2D eigenvalue weighted by Crippen LogP contribution is -2.39. The number of hydrogen-bond donors (Lipinski definition) is 1. The van der Waals surface area contributed by atoms with Crippen LogP contribution in [-0.4, -0.2) is 53.1 Å². The number of rotatable bonds is 7. The number of piperidine rings is 1. The molecule has 0 aromatic carbocycles. The van der Waals surface area contributed by atoms with Crippen LogP contribution in [0.25, 0.3) is 0 Å². The van der Waals surface area contributed by atoms with E-state index < -0.39 is 10.0 Å². The van der Waals surface area contributed by atoms with Crippen molar-refractivity contribution in [3.8, 4) is 0 Å². The summed E-state index contributed by atoms with van der Waals surface area (Å²) in [6.45, 7) is 1.77. The predicted octanol–water partition coefficient (Wildman–Crippen LogP) is 1.18. The van der Waals surface area contributed by atoms with Crippen LogP contribution in [0.5, 0.6) is 0 Å². The molecule has 3 rings (SSSR count). The van der Waals surface area contributed by atoms with E-state index >= 15 is 0 Å². The number of sulfonamides is 1. The molecule has 0 amide bonds. The third kappa shape index (κ3) is 3.70. The molecule has 0 bridgehead atoms. The average Bonchev–Trinajstić information content (AvgIpc) is 3.24. The molecular formula is C15H25N3O3S. The van der Waals surface area contributed by atoms with Gasteiger partial charge in [-0.3, -0.25) is 4.68 Å². The van der Waals surface area contributed by atoms with Crippen molar-refractivity contribution in [2.24, 2.45) is 5.92 Å². The van der Waals surface area contributed by atoms with Gasteiger partial charge in [0.2, 0.25) is 10.0 Å². The van der Waals surface area contributed by atoms with Crippen LogP contribution in [0.15, 0.2) is 12.3 Å². The Morgan fingerprint density at radius 3 is 2.59 bits per heavy atom. The van der Waals surface area contributed by atoms with Crippen LogP contribution < -0.4 is 0 Å². The molecule has 2 fully saturated rings. The molecule has 1 aromatic rings. The highest BCUT2D eigenvalue weighted by Gasteiger charge is 2.31. The third-order valence-corrected chi connectivity index (χ3v) is 6.71. The highest BCUT2D eigenvalue weighted by molar-refractivity contribution is 7.89. The van der Waals surface area contributed by atoms with Gasteiger partial charge in [-0.15, -0.1) is 0 Å². The summed E-state index contributed by atoms with van der Waals surface area (Å²) in [6.07, 6.45) is 6.65. The van der Waals surface area contributed by atoms with Crippen LogP contribution in [0.3, 0.4) is 0 Å². The summed E-state index contributed by atoms with van der Waals surface area (Å²) in [7, 11) is -3.08. The van der Waals surface area contributed by atoms with Crippen molar-refractivity contribution < 1.29 is 13.5 Å². The fourth-order valence-corrected chi connectivity index (χ4v) is 4.91. The van der Waals surface area contributed by atoms with Gasteiger partial charge in [-0.05, 0) is 31.2 Å². The van der Waals surface area contributed by atoms with E-state index in [1.807, 2.05) is 10.7 Å². The van der Waals surface area contributed by atoms with E-state index in [9.17, 15) is 8.42 Å². The molecular weight excluding hydrogens is 302 g/mol. The molecule has 1 N–H and O–H groups in total. The molecule has 1 aliphatic heterocycles. The lowest BCUT2D eigenvalue weighted by atomic mass is 9.94. The first kappa shape index (κ1) is 16.0. The standard InChI is InChI=1S/C15H25N3O3S/c19-11-10-18-15(3-7-16-18)14-4-8-17(9-5-14)22(20,21)12-6-13-1-2-13/h3,7,13-14,19H,1-2,4-6,8-12H2. The quantitative estimate of drug-likeness (QED) is 0.816. The lowest BCUT2D eigenvalue weighted by Gasteiger charge is -2.31. The zero-order valence-electron chi connectivity index (χ0n) is 12.9. The maximum atomic E-state index is 12.4. The Morgan fingerprint density at radius 2 is 1.95 bits per heavy atom. The maximum absolute atomic E-state index is 12.4. The van der Waals surface area contributed by atoms with Gasteiger partial charge in [0.1, 0.15) is 0 Å². The summed E-state index contributed by atoms with van der Waals surface area (Å²) in [5.74, 6) is 1.30. The first-order valence-corrected chi connectivity index (χ1v) is 9.81. The number of aliphatic hydroxyl groups is 1. The Bertz CT molecular complexity index is 587. The SMILES string of the molecule is O=S(=O)(CCC1CC1)N1CCC(c2ccnn2CCO)CC1. The van der Waals surface area contributed by atoms with Gasteiger partial charge in [0.05, 0.1) is 18.9 Å². The molecule has 1 aromatic heterocycles. The Hall–Kier alpha value is -0.920. The van der Waals surface area contributed by atoms with Gasteiger partial charge in [-0.2, -0.15) is 5.10 Å². The molecule has 0 atom stereocenters. The second kappa shape index (κ2) is 6.68. The summed E-state index contributed by atoms with van der Waals surface area (Å²) in [5.41, 5.74) is 1.11. The summed E-state index contributed by atoms with van der Waals surface area (Å²) in [4.78, 5) is 0. The van der Waals surface area contributed by atoms with Gasteiger partial charge in [-0.25, -0.2) is 12.7 Å². The van der Waals surface area contributed by atoms with Gasteiger partial charge < -0.3 is 5.11 Å². The first-order chi connectivity index (χ1) is 10.6. The zero-order valence-corrected chi connectivity index (χ0v) is 13.7. The van der Waals surface area contributed by atoms with Gasteiger partial charge in [0.25, 0.3) is 0 Å². The Balaban J connectivity index is 1.56. The molecule has 1 saturated heterocycles. The fourth-order valence-electron chi connectivity index (χ4n) is 3.25. The molecule has 7 heteroatoms. The summed E-state index contributed by atoms with van der Waals surface area (Å²) < 4.78 is 28.2. The normalized spacial score (nSPS) is 21.3. The number of aliphatic hydroxyl groups excluding tert-OH is 1. The van der Waals surface area contributed by atoms with Crippen molar-refractivity contribution in [1.29, 1.82) is 0 Å². The van der Waals surface area contributed by atoms with Gasteiger partial charge in [-0.1, -0.05) is 12.8 Å². The van der Waals surface area contributed by atoms with Crippen molar-refractivity contribution in [3.63, 3.8) is 0 Å². The van der Waals surface area contributed by atoms with E-state index in [0.717, 1.165) is 25.0 Å². The minimum atomic E-state index is -3.08. The molecule has 22 heavy (non-hydrogen) atoms. The first-order valence-electron chi connectivity index (χ1n) is 8.20. The molecule has 2 aliphatic rings. The van der Waals surface area contributed by atoms with Crippen molar-refractivity contribution in [1.82, 2.24) is 14.1 Å². The maximum Gasteiger partial charge on any atom is 0.214 e. The molecule has 2 heterocycles. The highest BCUT2D eigenvalue weighted by atomic mass is 32.2. The second-order valence-corrected chi connectivity index (χ2v) is 8.51. The van der Waals surface area contributed by atoms with E-state index in [2.05, 4.69) is 5.10 Å². The molecule has 0 unspecified atom stereocenters. The van der Waals surface area contributed by atoms with Crippen molar-refractivity contribution >= 4 is 10.0 Å². The largest absolute Gasteiger partial charge is 0.394 e. The molecule has 1 aliphatic carbocycles. The minimum absolute atomic E-state index is 0.0725. The zero-order chi connectivity index (χ0) is 15.6. The number of nitrogens with zero attached hydrogens (tertiary/aromatic N) is 3. The lowest BCUT2D eigenvalue weighted by molar-refractivity contribution is 0.260. The number of aromatic nitrogens is 2. The molecule has 0 spiro atoms. The molecule has 6 nitrogen and oxygen atoms in total. The number of hydrogen-bond acceptors (Lipinski definition) is 4. The van der Waals surface area contributed by atoms with E-state index in [4.69, 9.17) is 5.11 Å². The van der Waals surface area contributed by atoms with E-state index in [-0.39, 0.29) is 6.61 Å². The molecule has 124 valence electrons.